The van der Waals surface area contributed by atoms with Crippen molar-refractivity contribution in [2.45, 2.75) is 24.8 Å². The molecule has 0 aromatic heterocycles. The molecule has 1 atom stereocenters. The van der Waals surface area contributed by atoms with Gasteiger partial charge in [0, 0.05) is 10.0 Å². The minimum atomic E-state index is -4.10. The Morgan fingerprint density at radius 2 is 1.56 bits per heavy atom. The highest BCUT2D eigenvalue weighted by Gasteiger charge is 2.28. The maximum absolute atomic E-state index is 13.4. The van der Waals surface area contributed by atoms with E-state index < -0.39 is 28.5 Å². The van der Waals surface area contributed by atoms with Crippen LogP contribution < -0.4 is 9.62 Å². The number of benzene rings is 3. The largest absolute Gasteiger partial charge is 0.348 e. The predicted molar refractivity (Wildman–Crippen MR) is 125 cm³/mol. The number of aryl methyl sites for hydroxylation is 1. The van der Waals surface area contributed by atoms with Crippen molar-refractivity contribution >= 4 is 44.8 Å². The Labute approximate surface area is 196 Å². The molecule has 3 aromatic rings. The molecular weight excluding hydrogens is 474 g/mol. The molecule has 1 amide bonds. The van der Waals surface area contributed by atoms with Crippen LogP contribution in [0.5, 0.6) is 0 Å². The summed E-state index contributed by atoms with van der Waals surface area (Å²) in [5.74, 6) is -0.936. The maximum Gasteiger partial charge on any atom is 0.264 e. The number of sulfonamides is 1. The van der Waals surface area contributed by atoms with Crippen LogP contribution in [0, 0.1) is 12.7 Å². The van der Waals surface area contributed by atoms with Gasteiger partial charge < -0.3 is 5.32 Å². The van der Waals surface area contributed by atoms with E-state index >= 15 is 0 Å². The SMILES string of the molecule is Cc1ccc(S(=O)(=O)N(CC(=O)N[C@H](C)c2ccc(F)cc2)c2cc(Cl)cc(Cl)c2)cc1. The van der Waals surface area contributed by atoms with Crippen LogP contribution in [0.3, 0.4) is 0 Å². The van der Waals surface area contributed by atoms with Crippen molar-refractivity contribution in [3.63, 3.8) is 0 Å². The number of hydrogen-bond acceptors (Lipinski definition) is 3. The molecule has 0 aliphatic rings. The van der Waals surface area contributed by atoms with Gasteiger partial charge in [-0.05, 0) is 61.9 Å². The third kappa shape index (κ3) is 5.79. The van der Waals surface area contributed by atoms with Crippen molar-refractivity contribution in [2.75, 3.05) is 10.8 Å². The highest BCUT2D eigenvalue weighted by Crippen LogP contribution is 2.30. The number of anilines is 1. The number of hydrogen-bond donors (Lipinski definition) is 1. The van der Waals surface area contributed by atoms with Crippen LogP contribution in [0.15, 0.2) is 71.6 Å². The van der Waals surface area contributed by atoms with E-state index in [1.807, 2.05) is 6.92 Å². The van der Waals surface area contributed by atoms with Gasteiger partial charge in [-0.1, -0.05) is 53.0 Å². The second-order valence-electron chi connectivity index (χ2n) is 7.29. The molecule has 0 aliphatic heterocycles. The summed E-state index contributed by atoms with van der Waals surface area (Å²) in [4.78, 5) is 12.8. The van der Waals surface area contributed by atoms with Crippen LogP contribution in [0.25, 0.3) is 0 Å². The number of carbonyl (C=O) groups is 1. The Kier molecular flexibility index (Phi) is 7.44. The summed E-state index contributed by atoms with van der Waals surface area (Å²) in [7, 11) is -4.10. The number of amides is 1. The molecule has 0 bridgehead atoms. The Morgan fingerprint density at radius 3 is 2.12 bits per heavy atom. The lowest BCUT2D eigenvalue weighted by molar-refractivity contribution is -0.120. The molecule has 0 spiro atoms. The Bertz CT molecular complexity index is 1200. The second-order valence-corrected chi connectivity index (χ2v) is 10.0. The molecule has 0 saturated heterocycles. The molecule has 9 heteroatoms. The van der Waals surface area contributed by atoms with Gasteiger partial charge in [0.05, 0.1) is 16.6 Å². The summed E-state index contributed by atoms with van der Waals surface area (Å²) >= 11 is 12.2. The number of carbonyl (C=O) groups excluding carboxylic acids is 1. The molecule has 0 aliphatic carbocycles. The zero-order chi connectivity index (χ0) is 23.5. The van der Waals surface area contributed by atoms with Gasteiger partial charge in [0.1, 0.15) is 12.4 Å². The Morgan fingerprint density at radius 1 is 1.00 bits per heavy atom. The summed E-state index contributed by atoms with van der Waals surface area (Å²) in [5, 5.41) is 3.21. The highest BCUT2D eigenvalue weighted by molar-refractivity contribution is 7.92. The smallest absolute Gasteiger partial charge is 0.264 e. The number of halogens is 3. The van der Waals surface area contributed by atoms with Gasteiger partial charge in [-0.3, -0.25) is 9.10 Å². The fourth-order valence-electron chi connectivity index (χ4n) is 3.09. The molecule has 0 heterocycles. The summed E-state index contributed by atoms with van der Waals surface area (Å²) in [5.41, 5.74) is 1.73. The molecule has 1 N–H and O–H groups in total. The Balaban J connectivity index is 1.92. The average molecular weight is 495 g/mol. The van der Waals surface area contributed by atoms with Crippen molar-refractivity contribution in [1.29, 1.82) is 0 Å². The summed E-state index contributed by atoms with van der Waals surface area (Å²) in [6.07, 6.45) is 0. The van der Waals surface area contributed by atoms with Gasteiger partial charge in [-0.25, -0.2) is 12.8 Å². The van der Waals surface area contributed by atoms with Gasteiger partial charge >= 0.3 is 0 Å². The molecule has 0 saturated carbocycles. The van der Waals surface area contributed by atoms with Crippen molar-refractivity contribution in [1.82, 2.24) is 5.32 Å². The van der Waals surface area contributed by atoms with Gasteiger partial charge in [0.25, 0.3) is 10.0 Å². The van der Waals surface area contributed by atoms with E-state index in [0.29, 0.717) is 5.56 Å². The van der Waals surface area contributed by atoms with Crippen molar-refractivity contribution < 1.29 is 17.6 Å². The van der Waals surface area contributed by atoms with E-state index in [2.05, 4.69) is 5.32 Å². The predicted octanol–water partition coefficient (Wildman–Crippen LogP) is 5.51. The zero-order valence-corrected chi connectivity index (χ0v) is 19.7. The average Bonchev–Trinajstić information content (AvgIpc) is 2.72. The molecule has 3 rings (SSSR count). The van der Waals surface area contributed by atoms with Crippen LogP contribution >= 0.6 is 23.2 Å². The van der Waals surface area contributed by atoms with Crippen LogP contribution in [0.2, 0.25) is 10.0 Å². The standard InChI is InChI=1S/C23H21Cl2FN2O3S/c1-15-3-9-22(10-4-15)32(30,31)28(21-12-18(24)11-19(25)13-21)14-23(29)27-16(2)17-5-7-20(26)8-6-17/h3-13,16H,14H2,1-2H3,(H,27,29)/t16-/m1/s1. The number of nitrogens with zero attached hydrogens (tertiary/aromatic N) is 1. The van der Waals surface area contributed by atoms with Crippen LogP contribution in [-0.2, 0) is 14.8 Å². The van der Waals surface area contributed by atoms with Crippen molar-refractivity contribution in [3.05, 3.63) is 93.7 Å². The molecule has 0 radical (unpaired) electrons. The zero-order valence-electron chi connectivity index (χ0n) is 17.3. The minimum Gasteiger partial charge on any atom is -0.348 e. The van der Waals surface area contributed by atoms with E-state index in [-0.39, 0.29) is 26.4 Å². The molecular formula is C23H21Cl2FN2O3S. The topological polar surface area (TPSA) is 66.5 Å². The van der Waals surface area contributed by atoms with Crippen molar-refractivity contribution in [3.8, 4) is 0 Å². The van der Waals surface area contributed by atoms with E-state index in [1.165, 1.54) is 42.5 Å². The van der Waals surface area contributed by atoms with E-state index in [9.17, 15) is 17.6 Å². The molecule has 0 unspecified atom stereocenters. The number of rotatable bonds is 7. The minimum absolute atomic E-state index is 0.0265. The first-order valence-electron chi connectivity index (χ1n) is 9.66. The highest BCUT2D eigenvalue weighted by atomic mass is 35.5. The van der Waals surface area contributed by atoms with E-state index in [4.69, 9.17) is 23.2 Å². The first-order chi connectivity index (χ1) is 15.1. The van der Waals surface area contributed by atoms with Gasteiger partial charge in [-0.15, -0.1) is 0 Å². The summed E-state index contributed by atoms with van der Waals surface area (Å²) in [6, 6.07) is 15.8. The van der Waals surface area contributed by atoms with Gasteiger partial charge in [-0.2, -0.15) is 0 Å². The Hall–Kier alpha value is -2.61. The molecule has 168 valence electrons. The third-order valence-corrected chi connectivity index (χ3v) is 7.00. The fourth-order valence-corrected chi connectivity index (χ4v) is 5.01. The van der Waals surface area contributed by atoms with Crippen LogP contribution in [0.4, 0.5) is 10.1 Å². The summed E-state index contributed by atoms with van der Waals surface area (Å²) < 4.78 is 41.0. The van der Waals surface area contributed by atoms with Crippen LogP contribution in [0.1, 0.15) is 24.1 Å². The van der Waals surface area contributed by atoms with E-state index in [1.54, 1.807) is 31.2 Å². The van der Waals surface area contributed by atoms with Gasteiger partial charge in [0.2, 0.25) is 5.91 Å². The van der Waals surface area contributed by atoms with Crippen molar-refractivity contribution in [2.24, 2.45) is 0 Å². The second kappa shape index (κ2) is 9.90. The molecule has 5 nitrogen and oxygen atoms in total. The summed E-state index contributed by atoms with van der Waals surface area (Å²) in [6.45, 7) is 3.06. The maximum atomic E-state index is 13.4. The lowest BCUT2D eigenvalue weighted by Crippen LogP contribution is -2.41. The molecule has 3 aromatic carbocycles. The molecule has 32 heavy (non-hydrogen) atoms. The first kappa shape index (κ1) is 24.0. The first-order valence-corrected chi connectivity index (χ1v) is 11.9. The van der Waals surface area contributed by atoms with Gasteiger partial charge in [0.15, 0.2) is 0 Å². The number of nitrogens with one attached hydrogen (secondary N) is 1. The van der Waals surface area contributed by atoms with Crippen LogP contribution in [-0.4, -0.2) is 20.9 Å². The normalized spacial score (nSPS) is 12.3. The third-order valence-electron chi connectivity index (χ3n) is 4.78. The quantitative estimate of drug-likeness (QED) is 0.470. The lowest BCUT2D eigenvalue weighted by atomic mass is 10.1. The lowest BCUT2D eigenvalue weighted by Gasteiger charge is -2.25. The fraction of sp³-hybridized carbons (Fsp3) is 0.174. The monoisotopic (exact) mass is 494 g/mol. The molecule has 0 fully saturated rings. The van der Waals surface area contributed by atoms with E-state index in [0.717, 1.165) is 9.87 Å².